The van der Waals surface area contributed by atoms with Crippen LogP contribution in [0.1, 0.15) is 46.5 Å². The number of alkyl halides is 1. The molecule has 0 radical (unpaired) electrons. The van der Waals surface area contributed by atoms with Gasteiger partial charge in [0.25, 0.3) is 0 Å². The predicted octanol–water partition coefficient (Wildman–Crippen LogP) is 3.53. The fourth-order valence-electron chi connectivity index (χ4n) is 1.08. The van der Waals surface area contributed by atoms with E-state index in [1.807, 2.05) is 6.92 Å². The summed E-state index contributed by atoms with van der Waals surface area (Å²) < 4.78 is 10.6. The van der Waals surface area contributed by atoms with Gasteiger partial charge in [0.2, 0.25) is 0 Å². The lowest BCUT2D eigenvalue weighted by atomic mass is 10.2. The Bertz CT molecular complexity index is 107. The highest BCUT2D eigenvalue weighted by atomic mass is 35.5. The molecule has 0 fully saturated rings. The highest BCUT2D eigenvalue weighted by Gasteiger charge is 2.04. The van der Waals surface area contributed by atoms with Crippen LogP contribution < -0.4 is 0 Å². The molecule has 0 aromatic heterocycles. The molecule has 0 aliphatic carbocycles. The van der Waals surface area contributed by atoms with Crippen molar-refractivity contribution in [2.24, 2.45) is 0 Å². The van der Waals surface area contributed by atoms with Gasteiger partial charge in [-0.05, 0) is 20.3 Å². The number of hydrogen-bond acceptors (Lipinski definition) is 2. The highest BCUT2D eigenvalue weighted by Crippen LogP contribution is 2.05. The first-order valence-electron chi connectivity index (χ1n) is 5.08. The van der Waals surface area contributed by atoms with Crippen molar-refractivity contribution in [1.29, 1.82) is 0 Å². The van der Waals surface area contributed by atoms with Crippen LogP contribution in [0, 0.1) is 0 Å². The summed E-state index contributed by atoms with van der Waals surface area (Å²) in [6.07, 6.45) is 4.70. The molecule has 0 spiro atoms. The van der Waals surface area contributed by atoms with E-state index in [9.17, 15) is 0 Å². The molecular formula is C10H21ClO2. The maximum Gasteiger partial charge on any atom is 0.156 e. The maximum absolute atomic E-state index is 5.63. The minimum Gasteiger partial charge on any atom is -0.353 e. The maximum atomic E-state index is 5.63. The summed E-state index contributed by atoms with van der Waals surface area (Å²) in [5, 5.41) is 0. The standard InChI is InChI=1S/C10H21ClO2/c1-4-5-6-7-8-12-10(3)13-9(2)11/h9-10H,4-8H2,1-3H3. The summed E-state index contributed by atoms with van der Waals surface area (Å²) in [5.74, 6) is 0. The van der Waals surface area contributed by atoms with E-state index in [2.05, 4.69) is 6.92 Å². The Labute approximate surface area is 86.6 Å². The molecule has 2 unspecified atom stereocenters. The molecule has 80 valence electrons. The van der Waals surface area contributed by atoms with Gasteiger partial charge in [-0.3, -0.25) is 0 Å². The molecule has 0 saturated heterocycles. The minimum absolute atomic E-state index is 0.186. The topological polar surface area (TPSA) is 18.5 Å². The third-order valence-corrected chi connectivity index (χ3v) is 1.83. The zero-order valence-electron chi connectivity index (χ0n) is 8.88. The first kappa shape index (κ1) is 13.2. The molecule has 13 heavy (non-hydrogen) atoms. The monoisotopic (exact) mass is 208 g/mol. The first-order chi connectivity index (χ1) is 6.16. The molecule has 2 atom stereocenters. The lowest BCUT2D eigenvalue weighted by Gasteiger charge is -2.15. The van der Waals surface area contributed by atoms with E-state index in [4.69, 9.17) is 21.1 Å². The SMILES string of the molecule is CCCCCCOC(C)OC(C)Cl. The number of halogens is 1. The Morgan fingerprint density at radius 1 is 1.15 bits per heavy atom. The van der Waals surface area contributed by atoms with E-state index in [0.717, 1.165) is 13.0 Å². The van der Waals surface area contributed by atoms with E-state index in [1.165, 1.54) is 19.3 Å². The van der Waals surface area contributed by atoms with Crippen molar-refractivity contribution in [2.45, 2.75) is 58.3 Å². The van der Waals surface area contributed by atoms with Gasteiger partial charge >= 0.3 is 0 Å². The summed E-state index contributed by atoms with van der Waals surface area (Å²) >= 11 is 5.63. The number of ether oxygens (including phenoxy) is 2. The molecule has 0 bridgehead atoms. The van der Waals surface area contributed by atoms with Crippen LogP contribution in [0.15, 0.2) is 0 Å². The molecule has 0 aromatic carbocycles. The fourth-order valence-corrected chi connectivity index (χ4v) is 1.23. The third kappa shape index (κ3) is 10.1. The van der Waals surface area contributed by atoms with Crippen molar-refractivity contribution in [1.82, 2.24) is 0 Å². The molecule has 0 rings (SSSR count). The van der Waals surface area contributed by atoms with Crippen LogP contribution in [0.4, 0.5) is 0 Å². The van der Waals surface area contributed by atoms with Gasteiger partial charge in [0.05, 0.1) is 0 Å². The zero-order chi connectivity index (χ0) is 10.1. The van der Waals surface area contributed by atoms with E-state index in [1.54, 1.807) is 6.92 Å². The van der Waals surface area contributed by atoms with E-state index < -0.39 is 0 Å². The normalized spacial score (nSPS) is 15.7. The number of unbranched alkanes of at least 4 members (excludes halogenated alkanes) is 3. The second-order valence-electron chi connectivity index (χ2n) is 3.18. The molecular weight excluding hydrogens is 188 g/mol. The second kappa shape index (κ2) is 8.79. The first-order valence-corrected chi connectivity index (χ1v) is 5.51. The molecule has 0 aromatic rings. The van der Waals surface area contributed by atoms with E-state index >= 15 is 0 Å². The molecule has 0 N–H and O–H groups in total. The molecule has 0 heterocycles. The Balaban J connectivity index is 3.12. The Hall–Kier alpha value is 0.210. The number of rotatable bonds is 8. The quantitative estimate of drug-likeness (QED) is 0.345. The van der Waals surface area contributed by atoms with Gasteiger partial charge < -0.3 is 9.47 Å². The number of hydrogen-bond donors (Lipinski definition) is 0. The van der Waals surface area contributed by atoms with Crippen molar-refractivity contribution in [3.8, 4) is 0 Å². The molecule has 0 amide bonds. The Morgan fingerprint density at radius 2 is 1.85 bits per heavy atom. The predicted molar refractivity (Wildman–Crippen MR) is 56.0 cm³/mol. The Morgan fingerprint density at radius 3 is 2.38 bits per heavy atom. The fraction of sp³-hybridized carbons (Fsp3) is 1.00. The van der Waals surface area contributed by atoms with Crippen LogP contribution in [0.2, 0.25) is 0 Å². The largest absolute Gasteiger partial charge is 0.353 e. The molecule has 0 saturated carbocycles. The zero-order valence-corrected chi connectivity index (χ0v) is 9.64. The lowest BCUT2D eigenvalue weighted by Crippen LogP contribution is -2.16. The van der Waals surface area contributed by atoms with E-state index in [-0.39, 0.29) is 11.9 Å². The minimum atomic E-state index is -0.273. The summed E-state index contributed by atoms with van der Waals surface area (Å²) in [6, 6.07) is 0. The van der Waals surface area contributed by atoms with Crippen molar-refractivity contribution in [3.05, 3.63) is 0 Å². The van der Waals surface area contributed by atoms with Gasteiger partial charge in [0, 0.05) is 6.61 Å². The van der Waals surface area contributed by atoms with Crippen molar-refractivity contribution >= 4 is 11.6 Å². The third-order valence-electron chi connectivity index (χ3n) is 1.73. The van der Waals surface area contributed by atoms with Crippen LogP contribution in [0.5, 0.6) is 0 Å². The molecule has 3 heteroatoms. The average Bonchev–Trinajstić information content (AvgIpc) is 2.02. The lowest BCUT2D eigenvalue weighted by molar-refractivity contribution is -0.137. The summed E-state index contributed by atoms with van der Waals surface area (Å²) in [6.45, 7) is 6.63. The van der Waals surface area contributed by atoms with Gasteiger partial charge in [-0.2, -0.15) is 0 Å². The molecule has 2 nitrogen and oxygen atoms in total. The second-order valence-corrected chi connectivity index (χ2v) is 3.79. The van der Waals surface area contributed by atoms with Gasteiger partial charge in [-0.15, -0.1) is 0 Å². The van der Waals surface area contributed by atoms with Crippen LogP contribution in [0.3, 0.4) is 0 Å². The summed E-state index contributed by atoms with van der Waals surface area (Å²) in [5.41, 5.74) is -0.273. The van der Waals surface area contributed by atoms with Crippen molar-refractivity contribution in [3.63, 3.8) is 0 Å². The summed E-state index contributed by atoms with van der Waals surface area (Å²) in [7, 11) is 0. The average molecular weight is 209 g/mol. The summed E-state index contributed by atoms with van der Waals surface area (Å²) in [4.78, 5) is 0. The smallest absolute Gasteiger partial charge is 0.156 e. The van der Waals surface area contributed by atoms with Crippen LogP contribution in [-0.2, 0) is 9.47 Å². The van der Waals surface area contributed by atoms with Crippen LogP contribution in [-0.4, -0.2) is 18.5 Å². The van der Waals surface area contributed by atoms with Gasteiger partial charge in [-0.1, -0.05) is 37.8 Å². The molecule has 0 aliphatic rings. The van der Waals surface area contributed by atoms with Crippen LogP contribution in [0.25, 0.3) is 0 Å². The van der Waals surface area contributed by atoms with E-state index in [0.29, 0.717) is 0 Å². The molecule has 0 aliphatic heterocycles. The van der Waals surface area contributed by atoms with Crippen molar-refractivity contribution < 1.29 is 9.47 Å². The Kier molecular flexibility index (Phi) is 8.93. The van der Waals surface area contributed by atoms with Gasteiger partial charge in [0.1, 0.15) is 5.56 Å². The van der Waals surface area contributed by atoms with Crippen molar-refractivity contribution in [2.75, 3.05) is 6.61 Å². The van der Waals surface area contributed by atoms with Gasteiger partial charge in [-0.25, -0.2) is 0 Å². The highest BCUT2D eigenvalue weighted by molar-refractivity contribution is 6.19. The van der Waals surface area contributed by atoms with Crippen LogP contribution >= 0.6 is 11.6 Å². The van der Waals surface area contributed by atoms with Gasteiger partial charge in [0.15, 0.2) is 6.29 Å².